The van der Waals surface area contributed by atoms with Crippen molar-refractivity contribution < 1.29 is 19.4 Å². The number of hydrogen-bond donors (Lipinski definition) is 2. The van der Waals surface area contributed by atoms with Crippen molar-refractivity contribution >= 4 is 34.0 Å². The van der Waals surface area contributed by atoms with E-state index in [1.54, 1.807) is 30.3 Å². The Bertz CT molecular complexity index is 1020. The zero-order chi connectivity index (χ0) is 19.9. The van der Waals surface area contributed by atoms with Crippen molar-refractivity contribution in [1.29, 1.82) is 0 Å². The fourth-order valence-electron chi connectivity index (χ4n) is 2.47. The van der Waals surface area contributed by atoms with Gasteiger partial charge in [0.2, 0.25) is 0 Å². The van der Waals surface area contributed by atoms with Gasteiger partial charge in [0.05, 0.1) is 21.9 Å². The van der Waals surface area contributed by atoms with Crippen molar-refractivity contribution in [3.8, 4) is 11.4 Å². The number of carbonyl (C=O) groups excluding carboxylic acids is 1. The van der Waals surface area contributed by atoms with Crippen molar-refractivity contribution in [3.63, 3.8) is 0 Å². The summed E-state index contributed by atoms with van der Waals surface area (Å²) in [5, 5.41) is 12.7. The van der Waals surface area contributed by atoms with Crippen LogP contribution in [0.5, 0.6) is 5.75 Å². The molecule has 0 aliphatic rings. The summed E-state index contributed by atoms with van der Waals surface area (Å²) in [7, 11) is 0. The van der Waals surface area contributed by atoms with Gasteiger partial charge in [-0.15, -0.1) is 0 Å². The Balaban J connectivity index is 1.68. The quantitative estimate of drug-likeness (QED) is 0.433. The number of rotatable bonds is 7. The summed E-state index contributed by atoms with van der Waals surface area (Å²) in [6, 6.07) is 16.0. The van der Waals surface area contributed by atoms with Crippen LogP contribution in [0.15, 0.2) is 76.6 Å². The van der Waals surface area contributed by atoms with E-state index in [0.29, 0.717) is 21.3 Å². The molecular weight excluding hydrogens is 426 g/mol. The molecule has 0 fully saturated rings. The maximum absolute atomic E-state index is 12.5. The summed E-state index contributed by atoms with van der Waals surface area (Å²) >= 11 is 3.32. The number of para-hydroxylation sites is 1. The Morgan fingerprint density at radius 2 is 1.89 bits per heavy atom. The van der Waals surface area contributed by atoms with Gasteiger partial charge < -0.3 is 14.4 Å². The highest BCUT2D eigenvalue weighted by atomic mass is 79.9. The van der Waals surface area contributed by atoms with E-state index in [0.717, 1.165) is 5.69 Å². The third-order valence-electron chi connectivity index (χ3n) is 3.72. The Labute approximate surface area is 169 Å². The number of carboxylic acids is 1. The monoisotopic (exact) mass is 441 g/mol. The zero-order valence-electron chi connectivity index (χ0n) is 14.6. The van der Waals surface area contributed by atoms with Crippen molar-refractivity contribution in [1.82, 2.24) is 9.99 Å². The van der Waals surface area contributed by atoms with Crippen LogP contribution in [0.2, 0.25) is 0 Å². The van der Waals surface area contributed by atoms with Gasteiger partial charge in [0, 0.05) is 12.4 Å². The molecule has 1 heterocycles. The minimum Gasteiger partial charge on any atom is -0.481 e. The molecule has 3 rings (SSSR count). The molecule has 7 nitrogen and oxygen atoms in total. The third kappa shape index (κ3) is 4.86. The normalized spacial score (nSPS) is 10.8. The zero-order valence-corrected chi connectivity index (χ0v) is 16.2. The second kappa shape index (κ2) is 9.01. The van der Waals surface area contributed by atoms with E-state index in [4.69, 9.17) is 9.84 Å². The number of halogens is 1. The van der Waals surface area contributed by atoms with Crippen LogP contribution in [-0.4, -0.2) is 34.4 Å². The molecule has 2 aromatic carbocycles. The molecule has 0 unspecified atom stereocenters. The van der Waals surface area contributed by atoms with Crippen LogP contribution < -0.4 is 10.2 Å². The van der Waals surface area contributed by atoms with E-state index in [-0.39, 0.29) is 5.91 Å². The number of hydrazone groups is 1. The second-order valence-electron chi connectivity index (χ2n) is 5.68. The number of hydrogen-bond acceptors (Lipinski definition) is 4. The molecule has 0 spiro atoms. The largest absolute Gasteiger partial charge is 0.481 e. The SMILES string of the molecule is O=C(O)COc1ccc(C=NNC(=O)c2ccccc2-n2cccc2)cc1Br. The molecular formula is C20H16BrN3O4. The summed E-state index contributed by atoms with van der Waals surface area (Å²) in [6.45, 7) is -0.428. The van der Waals surface area contributed by atoms with Crippen molar-refractivity contribution in [3.05, 3.63) is 82.6 Å². The minimum atomic E-state index is -1.06. The maximum atomic E-state index is 12.5. The van der Waals surface area contributed by atoms with Gasteiger partial charge in [0.15, 0.2) is 6.61 Å². The number of aliphatic carboxylic acids is 1. The number of amides is 1. The highest BCUT2D eigenvalue weighted by molar-refractivity contribution is 9.10. The van der Waals surface area contributed by atoms with Crippen LogP contribution in [0.4, 0.5) is 0 Å². The molecule has 3 aromatic rings. The molecule has 1 aromatic heterocycles. The average Bonchev–Trinajstić information content (AvgIpc) is 3.22. The molecule has 0 atom stereocenters. The van der Waals surface area contributed by atoms with E-state index in [1.165, 1.54) is 6.21 Å². The molecule has 142 valence electrons. The molecule has 1 amide bonds. The molecule has 28 heavy (non-hydrogen) atoms. The van der Waals surface area contributed by atoms with Gasteiger partial charge in [-0.05, 0) is 64.0 Å². The lowest BCUT2D eigenvalue weighted by Crippen LogP contribution is -2.19. The Morgan fingerprint density at radius 3 is 2.61 bits per heavy atom. The van der Waals surface area contributed by atoms with E-state index >= 15 is 0 Å². The first-order chi connectivity index (χ1) is 13.5. The van der Waals surface area contributed by atoms with Crippen LogP contribution in [-0.2, 0) is 4.79 Å². The molecule has 2 N–H and O–H groups in total. The fourth-order valence-corrected chi connectivity index (χ4v) is 2.98. The predicted octanol–water partition coefficient (Wildman–Crippen LogP) is 3.47. The van der Waals surface area contributed by atoms with E-state index in [2.05, 4.69) is 26.5 Å². The summed E-state index contributed by atoms with van der Waals surface area (Å²) in [5.74, 6) is -0.981. The van der Waals surface area contributed by atoms with Gasteiger partial charge in [-0.3, -0.25) is 4.79 Å². The second-order valence-corrected chi connectivity index (χ2v) is 6.53. The lowest BCUT2D eigenvalue weighted by atomic mass is 10.1. The number of carboxylic acid groups (broad SMARTS) is 1. The van der Waals surface area contributed by atoms with Crippen LogP contribution in [0.1, 0.15) is 15.9 Å². The number of benzene rings is 2. The summed E-state index contributed by atoms with van der Waals surface area (Å²) in [6.07, 6.45) is 5.21. The number of nitrogens with zero attached hydrogens (tertiary/aromatic N) is 2. The number of aromatic nitrogens is 1. The average molecular weight is 442 g/mol. The molecule has 0 radical (unpaired) electrons. The molecule has 8 heteroatoms. The summed E-state index contributed by atoms with van der Waals surface area (Å²) in [4.78, 5) is 23.1. The molecule has 0 saturated heterocycles. The van der Waals surface area contributed by atoms with Gasteiger partial charge in [0.1, 0.15) is 5.75 Å². The summed E-state index contributed by atoms with van der Waals surface area (Å²) < 4.78 is 7.58. The standard InChI is InChI=1S/C20H16BrN3O4/c21-16-11-14(7-8-18(16)28-13-19(25)26)12-22-23-20(27)15-5-1-2-6-17(15)24-9-3-4-10-24/h1-12H,13H2,(H,23,27)(H,25,26). The molecule has 0 bridgehead atoms. The predicted molar refractivity (Wildman–Crippen MR) is 108 cm³/mol. The van der Waals surface area contributed by atoms with Crippen LogP contribution in [0, 0.1) is 0 Å². The third-order valence-corrected chi connectivity index (χ3v) is 4.34. The number of nitrogens with one attached hydrogen (secondary N) is 1. The first-order valence-corrected chi connectivity index (χ1v) is 9.04. The van der Waals surface area contributed by atoms with E-state index in [9.17, 15) is 9.59 Å². The lowest BCUT2D eigenvalue weighted by Gasteiger charge is -2.09. The molecule has 0 saturated carbocycles. The topological polar surface area (TPSA) is 92.9 Å². The smallest absolute Gasteiger partial charge is 0.341 e. The van der Waals surface area contributed by atoms with Crippen LogP contribution in [0.25, 0.3) is 5.69 Å². The highest BCUT2D eigenvalue weighted by Gasteiger charge is 2.11. The first-order valence-electron chi connectivity index (χ1n) is 8.24. The Hall–Kier alpha value is -3.39. The fraction of sp³-hybridized carbons (Fsp3) is 0.0500. The van der Waals surface area contributed by atoms with Gasteiger partial charge in [0.25, 0.3) is 5.91 Å². The molecule has 0 aliphatic carbocycles. The Morgan fingerprint density at radius 1 is 1.14 bits per heavy atom. The Kier molecular flexibility index (Phi) is 6.23. The van der Waals surface area contributed by atoms with E-state index < -0.39 is 12.6 Å². The van der Waals surface area contributed by atoms with Crippen LogP contribution in [0.3, 0.4) is 0 Å². The van der Waals surface area contributed by atoms with Crippen molar-refractivity contribution in [2.45, 2.75) is 0 Å². The number of ether oxygens (including phenoxy) is 1. The van der Waals surface area contributed by atoms with E-state index in [1.807, 2.05) is 41.2 Å². The van der Waals surface area contributed by atoms with Crippen molar-refractivity contribution in [2.24, 2.45) is 5.10 Å². The highest BCUT2D eigenvalue weighted by Crippen LogP contribution is 2.25. The van der Waals surface area contributed by atoms with Gasteiger partial charge >= 0.3 is 5.97 Å². The van der Waals surface area contributed by atoms with Crippen molar-refractivity contribution in [2.75, 3.05) is 6.61 Å². The first kappa shape index (κ1) is 19.4. The van der Waals surface area contributed by atoms with Gasteiger partial charge in [-0.1, -0.05) is 12.1 Å². The molecule has 0 aliphatic heterocycles. The maximum Gasteiger partial charge on any atom is 0.341 e. The summed E-state index contributed by atoms with van der Waals surface area (Å²) in [5.41, 5.74) is 4.47. The van der Waals surface area contributed by atoms with Gasteiger partial charge in [-0.2, -0.15) is 5.10 Å². The lowest BCUT2D eigenvalue weighted by molar-refractivity contribution is -0.139. The minimum absolute atomic E-state index is 0.332. The number of carbonyl (C=O) groups is 2. The van der Waals surface area contributed by atoms with Crippen LogP contribution >= 0.6 is 15.9 Å². The van der Waals surface area contributed by atoms with Gasteiger partial charge in [-0.25, -0.2) is 10.2 Å².